The predicted molar refractivity (Wildman–Crippen MR) is 62.8 cm³/mol. The molecule has 3 nitrogen and oxygen atoms in total. The van der Waals surface area contributed by atoms with Gasteiger partial charge in [0.05, 0.1) is 5.56 Å². The van der Waals surface area contributed by atoms with E-state index in [9.17, 15) is 18.0 Å². The smallest absolute Gasteiger partial charge is 0.416 e. The summed E-state index contributed by atoms with van der Waals surface area (Å²) in [5.41, 5.74) is -0.411. The van der Waals surface area contributed by atoms with E-state index in [1.54, 1.807) is 6.07 Å². The van der Waals surface area contributed by atoms with E-state index in [1.807, 2.05) is 0 Å². The standard InChI is InChI=1S/C13H10F3NO2/c14-13(15,16)10-3-1-9(2-4-10)8-19-11-5-6-17-12(18)7-11/h1-7H,8H2,(H,17,18). The first kappa shape index (κ1) is 13.2. The molecule has 1 aromatic carbocycles. The number of aromatic nitrogens is 1. The Labute approximate surface area is 106 Å². The average molecular weight is 269 g/mol. The molecular weight excluding hydrogens is 259 g/mol. The minimum absolute atomic E-state index is 0.0988. The molecule has 100 valence electrons. The number of halogens is 3. The zero-order chi connectivity index (χ0) is 13.9. The molecule has 1 heterocycles. The normalized spacial score (nSPS) is 11.3. The van der Waals surface area contributed by atoms with Crippen molar-refractivity contribution in [2.24, 2.45) is 0 Å². The van der Waals surface area contributed by atoms with Crippen LogP contribution < -0.4 is 10.3 Å². The van der Waals surface area contributed by atoms with Crippen LogP contribution in [-0.4, -0.2) is 4.98 Å². The van der Waals surface area contributed by atoms with Gasteiger partial charge in [0, 0.05) is 12.3 Å². The zero-order valence-corrected chi connectivity index (χ0v) is 9.70. The van der Waals surface area contributed by atoms with Crippen molar-refractivity contribution in [3.05, 3.63) is 64.1 Å². The highest BCUT2D eigenvalue weighted by atomic mass is 19.4. The van der Waals surface area contributed by atoms with E-state index >= 15 is 0 Å². The van der Waals surface area contributed by atoms with Crippen molar-refractivity contribution < 1.29 is 17.9 Å². The van der Waals surface area contributed by atoms with Gasteiger partial charge in [-0.1, -0.05) is 12.1 Å². The fourth-order valence-corrected chi connectivity index (χ4v) is 1.47. The Morgan fingerprint density at radius 3 is 2.37 bits per heavy atom. The van der Waals surface area contributed by atoms with Crippen LogP contribution in [0.1, 0.15) is 11.1 Å². The van der Waals surface area contributed by atoms with Gasteiger partial charge < -0.3 is 9.72 Å². The van der Waals surface area contributed by atoms with Gasteiger partial charge >= 0.3 is 6.18 Å². The van der Waals surface area contributed by atoms with Crippen LogP contribution in [0.25, 0.3) is 0 Å². The number of rotatable bonds is 3. The largest absolute Gasteiger partial charge is 0.489 e. The van der Waals surface area contributed by atoms with Gasteiger partial charge in [-0.3, -0.25) is 4.79 Å². The van der Waals surface area contributed by atoms with Crippen LogP contribution in [0.15, 0.2) is 47.4 Å². The summed E-state index contributed by atoms with van der Waals surface area (Å²) in [6.45, 7) is 0.0988. The van der Waals surface area contributed by atoms with Crippen LogP contribution in [0.5, 0.6) is 5.75 Å². The van der Waals surface area contributed by atoms with Gasteiger partial charge in [-0.15, -0.1) is 0 Å². The highest BCUT2D eigenvalue weighted by Gasteiger charge is 2.29. The molecule has 1 N–H and O–H groups in total. The summed E-state index contributed by atoms with van der Waals surface area (Å²) >= 11 is 0. The maximum atomic E-state index is 12.3. The molecule has 0 radical (unpaired) electrons. The molecule has 0 spiro atoms. The maximum Gasteiger partial charge on any atom is 0.416 e. The summed E-state index contributed by atoms with van der Waals surface area (Å²) in [6.07, 6.45) is -2.91. The summed E-state index contributed by atoms with van der Waals surface area (Å²) in [4.78, 5) is 13.4. The second-order valence-electron chi connectivity index (χ2n) is 3.87. The predicted octanol–water partition coefficient (Wildman–Crippen LogP) is 2.97. The second-order valence-corrected chi connectivity index (χ2v) is 3.87. The fourth-order valence-electron chi connectivity index (χ4n) is 1.47. The summed E-state index contributed by atoms with van der Waals surface area (Å²) < 4.78 is 42.3. The maximum absolute atomic E-state index is 12.3. The van der Waals surface area contributed by atoms with Gasteiger partial charge in [-0.05, 0) is 23.8 Å². The van der Waals surface area contributed by atoms with E-state index in [1.165, 1.54) is 24.4 Å². The van der Waals surface area contributed by atoms with Gasteiger partial charge in [0.2, 0.25) is 0 Å². The molecule has 0 aliphatic carbocycles. The van der Waals surface area contributed by atoms with Crippen LogP contribution >= 0.6 is 0 Å². The van der Waals surface area contributed by atoms with Crippen molar-refractivity contribution in [2.45, 2.75) is 12.8 Å². The molecule has 2 rings (SSSR count). The molecule has 0 saturated carbocycles. The van der Waals surface area contributed by atoms with Crippen LogP contribution in [0.3, 0.4) is 0 Å². The summed E-state index contributed by atoms with van der Waals surface area (Å²) in [7, 11) is 0. The van der Waals surface area contributed by atoms with Crippen LogP contribution in [-0.2, 0) is 12.8 Å². The molecule has 0 amide bonds. The molecule has 0 atom stereocenters. The van der Waals surface area contributed by atoms with Crippen LogP contribution in [0.4, 0.5) is 13.2 Å². The Morgan fingerprint density at radius 1 is 1.11 bits per heavy atom. The number of nitrogens with one attached hydrogen (secondary N) is 1. The van der Waals surface area contributed by atoms with Crippen molar-refractivity contribution in [3.63, 3.8) is 0 Å². The number of alkyl halides is 3. The van der Waals surface area contributed by atoms with E-state index in [2.05, 4.69) is 4.98 Å². The molecule has 0 fully saturated rings. The van der Waals surface area contributed by atoms with E-state index in [-0.39, 0.29) is 12.2 Å². The quantitative estimate of drug-likeness (QED) is 0.930. The lowest BCUT2D eigenvalue weighted by molar-refractivity contribution is -0.137. The highest BCUT2D eigenvalue weighted by molar-refractivity contribution is 5.25. The SMILES string of the molecule is O=c1cc(OCc2ccc(C(F)(F)F)cc2)cc[nH]1. The van der Waals surface area contributed by atoms with Gasteiger partial charge in [-0.2, -0.15) is 13.2 Å². The molecule has 0 bridgehead atoms. The van der Waals surface area contributed by atoms with Crippen molar-refractivity contribution in [1.82, 2.24) is 4.98 Å². The molecule has 0 saturated heterocycles. The molecule has 6 heteroatoms. The Hall–Kier alpha value is -2.24. The van der Waals surface area contributed by atoms with Crippen LogP contribution in [0, 0.1) is 0 Å². The van der Waals surface area contributed by atoms with Gasteiger partial charge in [0.15, 0.2) is 0 Å². The Balaban J connectivity index is 2.03. The van der Waals surface area contributed by atoms with E-state index in [0.29, 0.717) is 11.3 Å². The Kier molecular flexibility index (Phi) is 3.59. The number of benzene rings is 1. The monoisotopic (exact) mass is 269 g/mol. The number of H-pyrrole nitrogens is 1. The van der Waals surface area contributed by atoms with Gasteiger partial charge in [0.1, 0.15) is 12.4 Å². The summed E-state index contributed by atoms with van der Waals surface area (Å²) in [5, 5.41) is 0. The fraction of sp³-hybridized carbons (Fsp3) is 0.154. The molecule has 2 aromatic rings. The third-order valence-corrected chi connectivity index (χ3v) is 2.43. The lowest BCUT2D eigenvalue weighted by atomic mass is 10.1. The van der Waals surface area contributed by atoms with E-state index in [0.717, 1.165) is 12.1 Å². The van der Waals surface area contributed by atoms with Crippen molar-refractivity contribution in [1.29, 1.82) is 0 Å². The molecule has 19 heavy (non-hydrogen) atoms. The minimum Gasteiger partial charge on any atom is -0.489 e. The lowest BCUT2D eigenvalue weighted by Crippen LogP contribution is -2.06. The number of aromatic amines is 1. The number of hydrogen-bond acceptors (Lipinski definition) is 2. The number of hydrogen-bond donors (Lipinski definition) is 1. The van der Waals surface area contributed by atoms with Crippen LogP contribution in [0.2, 0.25) is 0 Å². The second kappa shape index (κ2) is 5.17. The summed E-state index contributed by atoms with van der Waals surface area (Å²) in [5.74, 6) is 0.364. The first-order chi connectivity index (χ1) is 8.95. The topological polar surface area (TPSA) is 42.1 Å². The van der Waals surface area contributed by atoms with Gasteiger partial charge in [-0.25, -0.2) is 0 Å². The number of pyridine rings is 1. The zero-order valence-electron chi connectivity index (χ0n) is 9.70. The van der Waals surface area contributed by atoms with E-state index < -0.39 is 11.7 Å². The first-order valence-electron chi connectivity index (χ1n) is 5.43. The van der Waals surface area contributed by atoms with Crippen molar-refractivity contribution in [2.75, 3.05) is 0 Å². The van der Waals surface area contributed by atoms with Gasteiger partial charge in [0.25, 0.3) is 5.56 Å². The number of ether oxygens (including phenoxy) is 1. The minimum atomic E-state index is -4.34. The van der Waals surface area contributed by atoms with Crippen molar-refractivity contribution in [3.8, 4) is 5.75 Å². The molecule has 0 unspecified atom stereocenters. The lowest BCUT2D eigenvalue weighted by Gasteiger charge is -2.08. The Bertz CT molecular complexity index is 602. The third-order valence-electron chi connectivity index (χ3n) is 2.43. The Morgan fingerprint density at radius 2 is 1.79 bits per heavy atom. The molecule has 1 aromatic heterocycles. The first-order valence-corrected chi connectivity index (χ1v) is 5.43. The molecule has 0 aliphatic heterocycles. The molecular formula is C13H10F3NO2. The molecule has 0 aliphatic rings. The highest BCUT2D eigenvalue weighted by Crippen LogP contribution is 2.29. The van der Waals surface area contributed by atoms with Crippen molar-refractivity contribution >= 4 is 0 Å². The third kappa shape index (κ3) is 3.61. The summed E-state index contributed by atoms with van der Waals surface area (Å²) in [6, 6.07) is 7.51. The van der Waals surface area contributed by atoms with E-state index in [4.69, 9.17) is 4.74 Å². The average Bonchev–Trinajstić information content (AvgIpc) is 2.36.